The van der Waals surface area contributed by atoms with Crippen molar-refractivity contribution in [2.24, 2.45) is 11.1 Å². The van der Waals surface area contributed by atoms with Gasteiger partial charge in [-0.2, -0.15) is 0 Å². The maximum absolute atomic E-state index is 12.2. The highest BCUT2D eigenvalue weighted by atomic mass is 79.9. The number of rotatable bonds is 3. The molecule has 1 unspecified atom stereocenters. The van der Waals surface area contributed by atoms with Crippen molar-refractivity contribution in [3.05, 3.63) is 28.7 Å². The van der Waals surface area contributed by atoms with Crippen molar-refractivity contribution in [3.63, 3.8) is 0 Å². The van der Waals surface area contributed by atoms with E-state index in [0.29, 0.717) is 0 Å². The third-order valence-corrected chi connectivity index (χ3v) is 4.47. The number of benzene rings is 1. The van der Waals surface area contributed by atoms with E-state index in [0.717, 1.165) is 24.0 Å². The van der Waals surface area contributed by atoms with Crippen molar-refractivity contribution in [3.8, 4) is 0 Å². The number of nitrogens with one attached hydrogen (secondary N) is 1. The number of hydrogen-bond donors (Lipinski definition) is 2. The minimum Gasteiger partial charge on any atom is -0.369 e. The van der Waals surface area contributed by atoms with E-state index in [1.807, 2.05) is 32.9 Å². The van der Waals surface area contributed by atoms with Crippen molar-refractivity contribution in [1.82, 2.24) is 5.32 Å². The maximum atomic E-state index is 12.2. The quantitative estimate of drug-likeness (QED) is 0.877. The molecular formula is C16H24BrN3O. The van der Waals surface area contributed by atoms with E-state index in [1.54, 1.807) is 0 Å². The number of carbonyl (C=O) groups is 1. The van der Waals surface area contributed by atoms with E-state index >= 15 is 0 Å². The fraction of sp³-hybridized carbons (Fsp3) is 0.562. The Morgan fingerprint density at radius 1 is 1.38 bits per heavy atom. The first kappa shape index (κ1) is 16.3. The van der Waals surface area contributed by atoms with Gasteiger partial charge in [0.05, 0.1) is 6.04 Å². The Balaban J connectivity index is 1.91. The molecule has 0 bridgehead atoms. The number of nitrogens with two attached hydrogens (primary N) is 1. The predicted octanol–water partition coefficient (Wildman–Crippen LogP) is 2.52. The summed E-state index contributed by atoms with van der Waals surface area (Å²) in [6, 6.07) is 7.96. The van der Waals surface area contributed by atoms with Crippen LogP contribution in [0.15, 0.2) is 28.7 Å². The molecule has 1 heterocycles. The Morgan fingerprint density at radius 3 is 2.57 bits per heavy atom. The van der Waals surface area contributed by atoms with Crippen LogP contribution in [0.2, 0.25) is 0 Å². The van der Waals surface area contributed by atoms with Gasteiger partial charge in [0.1, 0.15) is 0 Å². The van der Waals surface area contributed by atoms with Crippen LogP contribution in [0.25, 0.3) is 0 Å². The normalized spacial score (nSPS) is 20.4. The third-order valence-electron chi connectivity index (χ3n) is 3.94. The molecule has 3 N–H and O–H groups in total. The monoisotopic (exact) mass is 353 g/mol. The zero-order chi connectivity index (χ0) is 15.6. The number of amides is 1. The highest BCUT2D eigenvalue weighted by molar-refractivity contribution is 9.10. The lowest BCUT2D eigenvalue weighted by Gasteiger charge is -2.27. The number of anilines is 1. The van der Waals surface area contributed by atoms with Crippen LogP contribution >= 0.6 is 15.9 Å². The van der Waals surface area contributed by atoms with Gasteiger partial charge in [0.15, 0.2) is 0 Å². The second-order valence-corrected chi connectivity index (χ2v) is 7.68. The summed E-state index contributed by atoms with van der Waals surface area (Å²) in [5, 5.41) is 3.08. The molecule has 1 fully saturated rings. The van der Waals surface area contributed by atoms with E-state index in [-0.39, 0.29) is 17.4 Å². The van der Waals surface area contributed by atoms with E-state index in [2.05, 4.69) is 38.3 Å². The summed E-state index contributed by atoms with van der Waals surface area (Å²) in [6.07, 6.45) is 0.957. The minimum atomic E-state index is -0.473. The molecule has 1 aliphatic heterocycles. The SMILES string of the molecule is CC(C)(C)[C@H](N)C(=O)NC1CCN(c2ccc(Br)cc2)C1. The van der Waals surface area contributed by atoms with Crippen LogP contribution in [-0.2, 0) is 4.79 Å². The molecular weight excluding hydrogens is 330 g/mol. The first-order valence-corrected chi connectivity index (χ1v) is 8.13. The Kier molecular flexibility index (Phi) is 4.94. The van der Waals surface area contributed by atoms with Gasteiger partial charge >= 0.3 is 0 Å². The fourth-order valence-corrected chi connectivity index (χ4v) is 2.71. The smallest absolute Gasteiger partial charge is 0.237 e. The molecule has 1 amide bonds. The molecule has 2 rings (SSSR count). The largest absolute Gasteiger partial charge is 0.369 e. The summed E-state index contributed by atoms with van der Waals surface area (Å²) >= 11 is 3.44. The molecule has 0 aromatic heterocycles. The summed E-state index contributed by atoms with van der Waals surface area (Å²) in [7, 11) is 0. The Bertz CT molecular complexity index is 495. The van der Waals surface area contributed by atoms with Crippen LogP contribution in [0.3, 0.4) is 0 Å². The van der Waals surface area contributed by atoms with Gasteiger partial charge in [0.2, 0.25) is 5.91 Å². The molecule has 0 aliphatic carbocycles. The molecule has 116 valence electrons. The van der Waals surface area contributed by atoms with Crippen LogP contribution in [0, 0.1) is 5.41 Å². The topological polar surface area (TPSA) is 58.4 Å². The van der Waals surface area contributed by atoms with E-state index in [4.69, 9.17) is 5.73 Å². The van der Waals surface area contributed by atoms with Gasteiger partial charge in [-0.25, -0.2) is 0 Å². The van der Waals surface area contributed by atoms with Gasteiger partial charge in [0, 0.05) is 29.3 Å². The summed E-state index contributed by atoms with van der Waals surface area (Å²) < 4.78 is 1.08. The molecule has 1 aromatic carbocycles. The highest BCUT2D eigenvalue weighted by Gasteiger charge is 2.31. The molecule has 1 aliphatic rings. The van der Waals surface area contributed by atoms with Gasteiger partial charge in [-0.15, -0.1) is 0 Å². The first-order valence-electron chi connectivity index (χ1n) is 7.34. The zero-order valence-electron chi connectivity index (χ0n) is 12.9. The standard InChI is InChI=1S/C16H24BrN3O/c1-16(2,3)14(18)15(21)19-12-8-9-20(10-12)13-6-4-11(17)5-7-13/h4-7,12,14H,8-10,18H2,1-3H3,(H,19,21)/t12?,14-/m1/s1. The highest BCUT2D eigenvalue weighted by Crippen LogP contribution is 2.23. The Morgan fingerprint density at radius 2 is 2.00 bits per heavy atom. The molecule has 21 heavy (non-hydrogen) atoms. The van der Waals surface area contributed by atoms with E-state index < -0.39 is 6.04 Å². The van der Waals surface area contributed by atoms with Crippen LogP contribution in [0.5, 0.6) is 0 Å². The average molecular weight is 354 g/mol. The van der Waals surface area contributed by atoms with E-state index in [9.17, 15) is 4.79 Å². The van der Waals surface area contributed by atoms with Crippen LogP contribution in [-0.4, -0.2) is 31.1 Å². The lowest BCUT2D eigenvalue weighted by Crippen LogP contribution is -2.51. The molecule has 0 saturated carbocycles. The van der Waals surface area contributed by atoms with E-state index in [1.165, 1.54) is 5.69 Å². The Hall–Kier alpha value is -1.07. The predicted molar refractivity (Wildman–Crippen MR) is 90.3 cm³/mol. The van der Waals surface area contributed by atoms with Gasteiger partial charge in [-0.3, -0.25) is 4.79 Å². The second-order valence-electron chi connectivity index (χ2n) is 6.76. The molecule has 1 aromatic rings. The maximum Gasteiger partial charge on any atom is 0.237 e. The number of carbonyl (C=O) groups excluding carboxylic acids is 1. The Labute approximate surface area is 135 Å². The van der Waals surface area contributed by atoms with Crippen LogP contribution in [0.4, 0.5) is 5.69 Å². The van der Waals surface area contributed by atoms with Crippen molar-refractivity contribution < 1.29 is 4.79 Å². The molecule has 4 nitrogen and oxygen atoms in total. The zero-order valence-corrected chi connectivity index (χ0v) is 14.5. The van der Waals surface area contributed by atoms with Crippen molar-refractivity contribution in [1.29, 1.82) is 0 Å². The lowest BCUT2D eigenvalue weighted by atomic mass is 9.87. The summed E-state index contributed by atoms with van der Waals surface area (Å²) in [5.74, 6) is -0.0508. The average Bonchev–Trinajstić information content (AvgIpc) is 2.86. The van der Waals surface area contributed by atoms with Crippen LogP contribution < -0.4 is 16.0 Å². The fourth-order valence-electron chi connectivity index (χ4n) is 2.45. The van der Waals surface area contributed by atoms with Gasteiger partial charge in [-0.05, 0) is 36.1 Å². The molecule has 1 saturated heterocycles. The van der Waals surface area contributed by atoms with Gasteiger partial charge in [0.25, 0.3) is 0 Å². The summed E-state index contributed by atoms with van der Waals surface area (Å²) in [5.41, 5.74) is 6.98. The minimum absolute atomic E-state index is 0.0508. The summed E-state index contributed by atoms with van der Waals surface area (Å²) in [6.45, 7) is 7.75. The van der Waals surface area contributed by atoms with Gasteiger partial charge in [-0.1, -0.05) is 36.7 Å². The van der Waals surface area contributed by atoms with Crippen molar-refractivity contribution in [2.75, 3.05) is 18.0 Å². The first-order chi connectivity index (χ1) is 9.77. The molecule has 2 atom stereocenters. The number of nitrogens with zero attached hydrogens (tertiary/aromatic N) is 1. The molecule has 0 spiro atoms. The third kappa shape index (κ3) is 4.20. The second kappa shape index (κ2) is 6.36. The number of halogens is 1. The summed E-state index contributed by atoms with van der Waals surface area (Å²) in [4.78, 5) is 14.5. The molecule has 0 radical (unpaired) electrons. The molecule has 5 heteroatoms. The van der Waals surface area contributed by atoms with Crippen molar-refractivity contribution in [2.45, 2.75) is 39.3 Å². The van der Waals surface area contributed by atoms with Crippen molar-refractivity contribution >= 4 is 27.5 Å². The number of hydrogen-bond acceptors (Lipinski definition) is 3. The lowest BCUT2D eigenvalue weighted by molar-refractivity contribution is -0.125. The van der Waals surface area contributed by atoms with Gasteiger partial charge < -0.3 is 16.0 Å². The van der Waals surface area contributed by atoms with Crippen LogP contribution in [0.1, 0.15) is 27.2 Å².